The second-order valence-corrected chi connectivity index (χ2v) is 3.39. The molecular formula is C12H15NO2. The van der Waals surface area contributed by atoms with E-state index in [0.717, 1.165) is 11.1 Å². The van der Waals surface area contributed by atoms with Crippen LogP contribution in [-0.4, -0.2) is 17.6 Å². The van der Waals surface area contributed by atoms with E-state index in [2.05, 4.69) is 5.32 Å². The van der Waals surface area contributed by atoms with Gasteiger partial charge in [0.05, 0.1) is 0 Å². The Morgan fingerprint density at radius 1 is 1.53 bits per heavy atom. The zero-order chi connectivity index (χ0) is 11.3. The molecule has 3 heteroatoms. The molecule has 80 valence electrons. The van der Waals surface area contributed by atoms with Gasteiger partial charge in [-0.05, 0) is 24.1 Å². The molecule has 0 saturated heterocycles. The van der Waals surface area contributed by atoms with Gasteiger partial charge < -0.3 is 10.4 Å². The third-order valence-electron chi connectivity index (χ3n) is 2.01. The average Bonchev–Trinajstić information content (AvgIpc) is 2.18. The Morgan fingerprint density at radius 3 is 2.87 bits per heavy atom. The highest BCUT2D eigenvalue weighted by atomic mass is 16.3. The molecule has 0 spiro atoms. The molecule has 1 amide bonds. The maximum absolute atomic E-state index is 10.6. The molecule has 0 bridgehead atoms. The molecule has 15 heavy (non-hydrogen) atoms. The Kier molecular flexibility index (Phi) is 3.92. The zero-order valence-electron chi connectivity index (χ0n) is 8.95. The lowest BCUT2D eigenvalue weighted by molar-refractivity contribution is -0.118. The summed E-state index contributed by atoms with van der Waals surface area (Å²) in [4.78, 5) is 10.6. The highest BCUT2D eigenvalue weighted by molar-refractivity contribution is 5.73. The second-order valence-electron chi connectivity index (χ2n) is 3.39. The fourth-order valence-corrected chi connectivity index (χ4v) is 1.13. The molecule has 1 rings (SSSR count). The van der Waals surface area contributed by atoms with Gasteiger partial charge >= 0.3 is 0 Å². The van der Waals surface area contributed by atoms with Crippen LogP contribution in [0.1, 0.15) is 18.1 Å². The van der Waals surface area contributed by atoms with Crippen molar-refractivity contribution < 1.29 is 9.90 Å². The smallest absolute Gasteiger partial charge is 0.217 e. The first-order chi connectivity index (χ1) is 7.09. The van der Waals surface area contributed by atoms with Crippen LogP contribution < -0.4 is 5.32 Å². The zero-order valence-corrected chi connectivity index (χ0v) is 8.95. The molecule has 1 aromatic rings. The lowest BCUT2D eigenvalue weighted by Gasteiger charge is -1.99. The highest BCUT2D eigenvalue weighted by Crippen LogP contribution is 2.17. The Bertz CT molecular complexity index is 383. The van der Waals surface area contributed by atoms with Gasteiger partial charge in [0.1, 0.15) is 5.75 Å². The predicted octanol–water partition coefficient (Wildman–Crippen LogP) is 1.85. The Hall–Kier alpha value is -1.77. The normalized spacial score (nSPS) is 10.5. The molecule has 0 aliphatic rings. The van der Waals surface area contributed by atoms with Crippen molar-refractivity contribution in [1.82, 2.24) is 5.32 Å². The van der Waals surface area contributed by atoms with Crippen molar-refractivity contribution in [1.29, 1.82) is 0 Å². The Balaban J connectivity index is 2.57. The van der Waals surface area contributed by atoms with Gasteiger partial charge in [0.2, 0.25) is 5.91 Å². The molecule has 0 unspecified atom stereocenters. The number of hydrogen-bond donors (Lipinski definition) is 2. The minimum Gasteiger partial charge on any atom is -0.508 e. The minimum atomic E-state index is -0.0496. The molecule has 0 fully saturated rings. The van der Waals surface area contributed by atoms with Gasteiger partial charge in [-0.3, -0.25) is 4.79 Å². The number of amides is 1. The number of nitrogens with one attached hydrogen (secondary N) is 1. The standard InChI is InChI=1S/C12H15NO2/c1-9-5-6-11(8-12(9)15)4-3-7-13-10(2)14/h3-6,8,15H,7H2,1-2H3,(H,13,14). The monoisotopic (exact) mass is 205 g/mol. The predicted molar refractivity (Wildman–Crippen MR) is 60.6 cm³/mol. The molecule has 0 aromatic heterocycles. The van der Waals surface area contributed by atoms with Crippen LogP contribution in [0.2, 0.25) is 0 Å². The van der Waals surface area contributed by atoms with E-state index in [4.69, 9.17) is 0 Å². The fraction of sp³-hybridized carbons (Fsp3) is 0.250. The lowest BCUT2D eigenvalue weighted by atomic mass is 10.1. The number of aryl methyl sites for hydroxylation is 1. The number of rotatable bonds is 3. The summed E-state index contributed by atoms with van der Waals surface area (Å²) in [5.74, 6) is 0.239. The van der Waals surface area contributed by atoms with E-state index < -0.39 is 0 Å². The van der Waals surface area contributed by atoms with Crippen LogP contribution in [0, 0.1) is 6.92 Å². The van der Waals surface area contributed by atoms with Crippen molar-refractivity contribution in [2.75, 3.05) is 6.54 Å². The number of phenols is 1. The van der Waals surface area contributed by atoms with Crippen LogP contribution in [0.15, 0.2) is 24.3 Å². The van der Waals surface area contributed by atoms with E-state index in [1.807, 2.05) is 31.2 Å². The van der Waals surface area contributed by atoms with Crippen LogP contribution >= 0.6 is 0 Å². The van der Waals surface area contributed by atoms with Crippen LogP contribution in [0.5, 0.6) is 5.75 Å². The summed E-state index contributed by atoms with van der Waals surface area (Å²) < 4.78 is 0. The first-order valence-electron chi connectivity index (χ1n) is 4.80. The average molecular weight is 205 g/mol. The molecule has 0 saturated carbocycles. The second kappa shape index (κ2) is 5.20. The topological polar surface area (TPSA) is 49.3 Å². The van der Waals surface area contributed by atoms with Crippen LogP contribution in [-0.2, 0) is 4.79 Å². The fourth-order valence-electron chi connectivity index (χ4n) is 1.13. The van der Waals surface area contributed by atoms with Gasteiger partial charge in [0.25, 0.3) is 0 Å². The summed E-state index contributed by atoms with van der Waals surface area (Å²) in [6.07, 6.45) is 3.70. The molecule has 0 atom stereocenters. The van der Waals surface area contributed by atoms with Gasteiger partial charge in [-0.1, -0.05) is 24.3 Å². The van der Waals surface area contributed by atoms with Gasteiger partial charge in [0.15, 0.2) is 0 Å². The molecule has 0 aliphatic carbocycles. The molecule has 0 radical (unpaired) electrons. The van der Waals surface area contributed by atoms with Crippen molar-refractivity contribution in [3.8, 4) is 5.75 Å². The number of benzene rings is 1. The van der Waals surface area contributed by atoms with Gasteiger partial charge in [-0.15, -0.1) is 0 Å². The van der Waals surface area contributed by atoms with Crippen LogP contribution in [0.4, 0.5) is 0 Å². The Morgan fingerprint density at radius 2 is 2.27 bits per heavy atom. The number of phenolic OH excluding ortho intramolecular Hbond substituents is 1. The number of aromatic hydroxyl groups is 1. The van der Waals surface area contributed by atoms with Gasteiger partial charge in [-0.2, -0.15) is 0 Å². The molecule has 0 heterocycles. The summed E-state index contributed by atoms with van der Waals surface area (Å²) in [6.45, 7) is 3.83. The van der Waals surface area contributed by atoms with E-state index >= 15 is 0 Å². The van der Waals surface area contributed by atoms with Crippen molar-refractivity contribution in [2.45, 2.75) is 13.8 Å². The van der Waals surface area contributed by atoms with Crippen molar-refractivity contribution in [3.05, 3.63) is 35.4 Å². The number of carbonyl (C=O) groups excluding carboxylic acids is 1. The molecule has 0 aliphatic heterocycles. The van der Waals surface area contributed by atoms with E-state index in [1.54, 1.807) is 6.07 Å². The molecule has 3 nitrogen and oxygen atoms in total. The summed E-state index contributed by atoms with van der Waals surface area (Å²) in [5.41, 5.74) is 1.78. The molecule has 1 aromatic carbocycles. The first kappa shape index (κ1) is 11.3. The first-order valence-corrected chi connectivity index (χ1v) is 4.80. The summed E-state index contributed by atoms with van der Waals surface area (Å²) >= 11 is 0. The third-order valence-corrected chi connectivity index (χ3v) is 2.01. The summed E-state index contributed by atoms with van der Waals surface area (Å²) in [7, 11) is 0. The number of hydrogen-bond acceptors (Lipinski definition) is 2. The largest absolute Gasteiger partial charge is 0.508 e. The van der Waals surface area contributed by atoms with E-state index in [0.29, 0.717) is 6.54 Å². The lowest BCUT2D eigenvalue weighted by Crippen LogP contribution is -2.19. The van der Waals surface area contributed by atoms with E-state index in [9.17, 15) is 9.90 Å². The van der Waals surface area contributed by atoms with Crippen molar-refractivity contribution in [3.63, 3.8) is 0 Å². The quantitative estimate of drug-likeness (QED) is 0.791. The summed E-state index contributed by atoms with van der Waals surface area (Å²) in [5, 5.41) is 12.1. The van der Waals surface area contributed by atoms with Gasteiger partial charge in [0, 0.05) is 13.5 Å². The van der Waals surface area contributed by atoms with Crippen molar-refractivity contribution in [2.24, 2.45) is 0 Å². The molecule has 2 N–H and O–H groups in total. The Labute approximate surface area is 89.4 Å². The van der Waals surface area contributed by atoms with E-state index in [-0.39, 0.29) is 11.7 Å². The minimum absolute atomic E-state index is 0.0496. The number of carbonyl (C=O) groups is 1. The van der Waals surface area contributed by atoms with Gasteiger partial charge in [-0.25, -0.2) is 0 Å². The maximum atomic E-state index is 10.6. The van der Waals surface area contributed by atoms with Crippen LogP contribution in [0.25, 0.3) is 6.08 Å². The van der Waals surface area contributed by atoms with Crippen molar-refractivity contribution >= 4 is 12.0 Å². The van der Waals surface area contributed by atoms with E-state index in [1.165, 1.54) is 6.92 Å². The third kappa shape index (κ3) is 3.85. The SMILES string of the molecule is CC(=O)NCC=Cc1ccc(C)c(O)c1. The maximum Gasteiger partial charge on any atom is 0.217 e. The van der Waals surface area contributed by atoms with Crippen LogP contribution in [0.3, 0.4) is 0 Å². The molecular weight excluding hydrogens is 190 g/mol. The summed E-state index contributed by atoms with van der Waals surface area (Å²) in [6, 6.07) is 5.46. The highest BCUT2D eigenvalue weighted by Gasteiger charge is 1.94.